The molecule has 0 aliphatic carbocycles. The summed E-state index contributed by atoms with van der Waals surface area (Å²) in [6, 6.07) is 0. The number of carbonyl (C=O) groups excluding carboxylic acids is 2. The van der Waals surface area contributed by atoms with Crippen molar-refractivity contribution >= 4 is 42.0 Å². The second-order valence-corrected chi connectivity index (χ2v) is 7.65. The fourth-order valence-electron chi connectivity index (χ4n) is 2.75. The summed E-state index contributed by atoms with van der Waals surface area (Å²) in [6.07, 6.45) is 1.18. The van der Waals surface area contributed by atoms with Gasteiger partial charge in [-0.15, -0.1) is 24.0 Å². The highest BCUT2D eigenvalue weighted by molar-refractivity contribution is 14.0. The Morgan fingerprint density at radius 1 is 1.21 bits per heavy atom. The van der Waals surface area contributed by atoms with Crippen LogP contribution in [0.25, 0.3) is 0 Å². The van der Waals surface area contributed by atoms with E-state index in [0.717, 1.165) is 38.4 Å². The Bertz CT molecular complexity index is 515. The van der Waals surface area contributed by atoms with Crippen molar-refractivity contribution in [2.24, 2.45) is 10.9 Å². The van der Waals surface area contributed by atoms with E-state index < -0.39 is 5.60 Å². The highest BCUT2D eigenvalue weighted by Gasteiger charge is 2.27. The molecule has 1 aliphatic heterocycles. The lowest BCUT2D eigenvalue weighted by Crippen LogP contribution is -2.47. The molecule has 1 heterocycles. The summed E-state index contributed by atoms with van der Waals surface area (Å²) in [5.74, 6) is 0.692. The van der Waals surface area contributed by atoms with E-state index in [0.29, 0.717) is 19.7 Å². The minimum absolute atomic E-state index is 0. The first-order valence-electron chi connectivity index (χ1n) is 9.82. The summed E-state index contributed by atoms with van der Waals surface area (Å²) < 4.78 is 10.5. The number of rotatable bonds is 6. The van der Waals surface area contributed by atoms with Crippen LogP contribution in [0.3, 0.4) is 0 Å². The highest BCUT2D eigenvalue weighted by Crippen LogP contribution is 2.18. The van der Waals surface area contributed by atoms with Gasteiger partial charge in [0.25, 0.3) is 0 Å². The first kappa shape index (κ1) is 26.7. The summed E-state index contributed by atoms with van der Waals surface area (Å²) in [5.41, 5.74) is -0.507. The molecular weight excluding hydrogens is 475 g/mol. The molecule has 0 aromatic heterocycles. The third-order valence-electron chi connectivity index (χ3n) is 4.15. The van der Waals surface area contributed by atoms with E-state index in [2.05, 4.69) is 15.2 Å². The number of guanidine groups is 1. The molecule has 0 spiro atoms. The Balaban J connectivity index is 0.00000729. The molecule has 1 fully saturated rings. The van der Waals surface area contributed by atoms with E-state index in [1.807, 2.05) is 34.6 Å². The minimum Gasteiger partial charge on any atom is -0.466 e. The largest absolute Gasteiger partial charge is 0.466 e. The number of likely N-dealkylation sites (tertiary alicyclic amines) is 1. The molecule has 1 rings (SSSR count). The van der Waals surface area contributed by atoms with Crippen molar-refractivity contribution < 1.29 is 19.1 Å². The number of piperidine rings is 1. The van der Waals surface area contributed by atoms with E-state index in [-0.39, 0.29) is 42.0 Å². The Morgan fingerprint density at radius 3 is 2.32 bits per heavy atom. The first-order valence-corrected chi connectivity index (χ1v) is 9.82. The summed E-state index contributed by atoms with van der Waals surface area (Å²) in [5, 5.41) is 3.29. The number of aliphatic imine (C=N–C) groups is 1. The van der Waals surface area contributed by atoms with Crippen LogP contribution in [0, 0.1) is 5.92 Å². The number of hydrogen-bond donors (Lipinski definition) is 1. The van der Waals surface area contributed by atoms with Crippen LogP contribution < -0.4 is 5.32 Å². The number of amides is 1. The molecule has 1 amide bonds. The van der Waals surface area contributed by atoms with Gasteiger partial charge < -0.3 is 24.6 Å². The molecule has 1 N–H and O–H groups in total. The van der Waals surface area contributed by atoms with Crippen LogP contribution >= 0.6 is 24.0 Å². The maximum Gasteiger partial charge on any atom is 0.410 e. The molecule has 0 aromatic rings. The normalized spacial score (nSPS) is 15.5. The van der Waals surface area contributed by atoms with E-state index >= 15 is 0 Å². The number of nitrogens with zero attached hydrogens (tertiary/aromatic N) is 3. The average Bonchev–Trinajstić information content (AvgIpc) is 2.59. The minimum atomic E-state index is -0.507. The summed E-state index contributed by atoms with van der Waals surface area (Å²) >= 11 is 0. The van der Waals surface area contributed by atoms with E-state index in [4.69, 9.17) is 9.47 Å². The summed E-state index contributed by atoms with van der Waals surface area (Å²) in [6.45, 7) is 13.1. The molecule has 0 atom stereocenters. The zero-order valence-electron chi connectivity index (χ0n) is 18.1. The molecule has 0 unspecified atom stereocenters. The van der Waals surface area contributed by atoms with Crippen LogP contribution in [0.15, 0.2) is 4.99 Å². The van der Waals surface area contributed by atoms with E-state index in [9.17, 15) is 9.59 Å². The number of esters is 1. The van der Waals surface area contributed by atoms with Crippen LogP contribution in [-0.2, 0) is 14.3 Å². The fraction of sp³-hybridized carbons (Fsp3) is 0.842. The van der Waals surface area contributed by atoms with Crippen molar-refractivity contribution in [3.63, 3.8) is 0 Å². The van der Waals surface area contributed by atoms with E-state index in [1.54, 1.807) is 7.05 Å². The van der Waals surface area contributed by atoms with Crippen molar-refractivity contribution in [1.82, 2.24) is 15.1 Å². The van der Waals surface area contributed by atoms with Gasteiger partial charge in [-0.2, -0.15) is 0 Å². The standard InChI is InChI=1S/C19H36N4O4.HI/c1-7-20-17(21-11-14-22(6)18(25)27-19(3,4)5)23-12-9-15(10-13-23)16(24)26-8-2;/h15H,7-14H2,1-6H3,(H,20,21);1H. The molecule has 9 heteroatoms. The van der Waals surface area contributed by atoms with Gasteiger partial charge in [-0.3, -0.25) is 9.79 Å². The maximum absolute atomic E-state index is 12.0. The average molecular weight is 512 g/mol. The topological polar surface area (TPSA) is 83.5 Å². The van der Waals surface area contributed by atoms with Crippen molar-refractivity contribution in [1.29, 1.82) is 0 Å². The van der Waals surface area contributed by atoms with Gasteiger partial charge in [0, 0.05) is 33.2 Å². The second kappa shape index (κ2) is 13.1. The third-order valence-corrected chi connectivity index (χ3v) is 4.15. The quantitative estimate of drug-likeness (QED) is 0.255. The molecule has 0 saturated carbocycles. The predicted molar refractivity (Wildman–Crippen MR) is 121 cm³/mol. The number of ether oxygens (including phenoxy) is 2. The SMILES string of the molecule is CCNC(=NCCN(C)C(=O)OC(C)(C)C)N1CCC(C(=O)OCC)CC1.I. The molecule has 0 radical (unpaired) electrons. The van der Waals surface area contributed by atoms with Gasteiger partial charge in [0.2, 0.25) is 0 Å². The number of halogens is 1. The Labute approximate surface area is 186 Å². The van der Waals surface area contributed by atoms with Crippen molar-refractivity contribution in [3.05, 3.63) is 0 Å². The third kappa shape index (κ3) is 9.79. The number of likely N-dealkylation sites (N-methyl/N-ethyl adjacent to an activating group) is 1. The predicted octanol–water partition coefficient (Wildman–Crippen LogP) is 2.71. The van der Waals surface area contributed by atoms with Crippen LogP contribution in [-0.4, -0.2) is 79.8 Å². The monoisotopic (exact) mass is 512 g/mol. The fourth-order valence-corrected chi connectivity index (χ4v) is 2.75. The number of carbonyl (C=O) groups is 2. The van der Waals surface area contributed by atoms with Gasteiger partial charge in [-0.05, 0) is 47.5 Å². The Morgan fingerprint density at radius 2 is 1.82 bits per heavy atom. The van der Waals surface area contributed by atoms with Gasteiger partial charge in [-0.1, -0.05) is 0 Å². The zero-order valence-corrected chi connectivity index (χ0v) is 20.4. The first-order chi connectivity index (χ1) is 12.7. The molecule has 1 aliphatic rings. The molecule has 1 saturated heterocycles. The Kier molecular flexibility index (Phi) is 12.5. The lowest BCUT2D eigenvalue weighted by Gasteiger charge is -2.33. The molecule has 28 heavy (non-hydrogen) atoms. The molecule has 0 aromatic carbocycles. The highest BCUT2D eigenvalue weighted by atomic mass is 127. The van der Waals surface area contributed by atoms with Gasteiger partial charge in [0.1, 0.15) is 5.60 Å². The van der Waals surface area contributed by atoms with Crippen molar-refractivity contribution in [2.45, 2.75) is 53.1 Å². The lowest BCUT2D eigenvalue weighted by atomic mass is 9.97. The number of hydrogen-bond acceptors (Lipinski definition) is 5. The van der Waals surface area contributed by atoms with Crippen LogP contribution in [0.4, 0.5) is 4.79 Å². The van der Waals surface area contributed by atoms with Gasteiger partial charge >= 0.3 is 12.1 Å². The molecule has 8 nitrogen and oxygen atoms in total. The van der Waals surface area contributed by atoms with Crippen molar-refractivity contribution in [3.8, 4) is 0 Å². The van der Waals surface area contributed by atoms with E-state index in [1.165, 1.54) is 4.90 Å². The molecule has 0 bridgehead atoms. The molecular formula is C19H37IN4O4. The van der Waals surface area contributed by atoms with Crippen LogP contribution in [0.1, 0.15) is 47.5 Å². The van der Waals surface area contributed by atoms with Gasteiger partial charge in [0.05, 0.1) is 19.1 Å². The summed E-state index contributed by atoms with van der Waals surface area (Å²) in [7, 11) is 1.71. The Hall–Kier alpha value is -1.26. The smallest absolute Gasteiger partial charge is 0.410 e. The molecule has 164 valence electrons. The second-order valence-electron chi connectivity index (χ2n) is 7.65. The van der Waals surface area contributed by atoms with Crippen molar-refractivity contribution in [2.75, 3.05) is 46.4 Å². The zero-order chi connectivity index (χ0) is 20.4. The lowest BCUT2D eigenvalue weighted by molar-refractivity contribution is -0.149. The number of nitrogens with one attached hydrogen (secondary N) is 1. The van der Waals surface area contributed by atoms with Crippen LogP contribution in [0.5, 0.6) is 0 Å². The van der Waals surface area contributed by atoms with Gasteiger partial charge in [-0.25, -0.2) is 4.79 Å². The maximum atomic E-state index is 12.0. The van der Waals surface area contributed by atoms with Gasteiger partial charge in [0.15, 0.2) is 5.96 Å². The summed E-state index contributed by atoms with van der Waals surface area (Å²) in [4.78, 5) is 32.2. The van der Waals surface area contributed by atoms with Crippen LogP contribution in [0.2, 0.25) is 0 Å².